The van der Waals surface area contributed by atoms with E-state index in [1.54, 1.807) is 7.11 Å². The quantitative estimate of drug-likeness (QED) is 0.850. The molecule has 0 amide bonds. The second kappa shape index (κ2) is 6.91. The van der Waals surface area contributed by atoms with E-state index >= 15 is 0 Å². The molecule has 2 rings (SSSR count). The summed E-state index contributed by atoms with van der Waals surface area (Å²) in [5.41, 5.74) is 0. The topological polar surface area (TPSA) is 42.3 Å². The number of aromatic nitrogens is 2. The minimum absolute atomic E-state index is 0.281. The zero-order chi connectivity index (χ0) is 13.7. The summed E-state index contributed by atoms with van der Waals surface area (Å²) in [6, 6.07) is 0.281. The Kier molecular flexibility index (Phi) is 5.22. The first-order valence-electron chi connectivity index (χ1n) is 7.14. The average Bonchev–Trinajstić information content (AvgIpc) is 2.80. The van der Waals surface area contributed by atoms with Crippen LogP contribution in [-0.2, 0) is 11.3 Å². The molecule has 0 radical (unpaired) electrons. The van der Waals surface area contributed by atoms with Gasteiger partial charge >= 0.3 is 0 Å². The minimum Gasteiger partial charge on any atom is -0.383 e. The molecule has 1 aliphatic rings. The molecular formula is C14H26N4O. The van der Waals surface area contributed by atoms with Crippen molar-refractivity contribution in [3.63, 3.8) is 0 Å². The standard InChI is InChI=1S/C14H26N4O/c1-12(11-19-3)16-14-15-6-9-18(14)10-13-4-7-17(2)8-5-13/h6,9,12-13H,4-5,7-8,10-11H2,1-3H3,(H,15,16). The van der Waals surface area contributed by atoms with E-state index in [2.05, 4.69) is 39.9 Å². The van der Waals surface area contributed by atoms with Crippen molar-refractivity contribution >= 4 is 5.95 Å². The summed E-state index contributed by atoms with van der Waals surface area (Å²) >= 11 is 0. The number of nitrogens with one attached hydrogen (secondary N) is 1. The van der Waals surface area contributed by atoms with Gasteiger partial charge in [0.25, 0.3) is 0 Å². The largest absolute Gasteiger partial charge is 0.383 e. The fourth-order valence-electron chi connectivity index (χ4n) is 2.63. The van der Waals surface area contributed by atoms with E-state index in [0.29, 0.717) is 6.61 Å². The van der Waals surface area contributed by atoms with Crippen LogP contribution in [0.1, 0.15) is 19.8 Å². The minimum atomic E-state index is 0.281. The molecule has 5 nitrogen and oxygen atoms in total. The van der Waals surface area contributed by atoms with Gasteiger partial charge in [-0.3, -0.25) is 0 Å². The van der Waals surface area contributed by atoms with Crippen LogP contribution in [0.2, 0.25) is 0 Å². The van der Waals surface area contributed by atoms with Gasteiger partial charge in [-0.1, -0.05) is 0 Å². The van der Waals surface area contributed by atoms with Crippen molar-refractivity contribution in [2.75, 3.05) is 39.2 Å². The molecule has 1 fully saturated rings. The molecule has 1 unspecified atom stereocenters. The summed E-state index contributed by atoms with van der Waals surface area (Å²) in [6.07, 6.45) is 6.50. The molecule has 1 atom stereocenters. The summed E-state index contributed by atoms with van der Waals surface area (Å²) in [5, 5.41) is 3.41. The summed E-state index contributed by atoms with van der Waals surface area (Å²) in [4.78, 5) is 6.81. The zero-order valence-corrected chi connectivity index (χ0v) is 12.3. The van der Waals surface area contributed by atoms with Crippen LogP contribution in [0, 0.1) is 5.92 Å². The first-order chi connectivity index (χ1) is 9.19. The summed E-state index contributed by atoms with van der Waals surface area (Å²) in [6.45, 7) is 6.29. The Balaban J connectivity index is 1.88. The Morgan fingerprint density at radius 1 is 1.47 bits per heavy atom. The van der Waals surface area contributed by atoms with E-state index in [0.717, 1.165) is 18.4 Å². The lowest BCUT2D eigenvalue weighted by atomic mass is 9.97. The van der Waals surface area contributed by atoms with Gasteiger partial charge in [-0.2, -0.15) is 0 Å². The number of likely N-dealkylation sites (tertiary alicyclic amines) is 1. The smallest absolute Gasteiger partial charge is 0.203 e. The number of piperidine rings is 1. The maximum Gasteiger partial charge on any atom is 0.203 e. The number of methoxy groups -OCH3 is 1. The Morgan fingerprint density at radius 2 is 2.21 bits per heavy atom. The van der Waals surface area contributed by atoms with Gasteiger partial charge in [-0.05, 0) is 45.8 Å². The highest BCUT2D eigenvalue weighted by atomic mass is 16.5. The highest BCUT2D eigenvalue weighted by Crippen LogP contribution is 2.20. The van der Waals surface area contributed by atoms with Crippen LogP contribution < -0.4 is 5.32 Å². The lowest BCUT2D eigenvalue weighted by Gasteiger charge is -2.29. The van der Waals surface area contributed by atoms with E-state index in [1.807, 2.05) is 6.20 Å². The van der Waals surface area contributed by atoms with Gasteiger partial charge in [-0.15, -0.1) is 0 Å². The number of anilines is 1. The SMILES string of the molecule is COCC(C)Nc1nccn1CC1CCN(C)CC1. The zero-order valence-electron chi connectivity index (χ0n) is 12.3. The Labute approximate surface area is 116 Å². The molecule has 0 aliphatic carbocycles. The molecule has 0 bridgehead atoms. The Hall–Kier alpha value is -1.07. The number of ether oxygens (including phenoxy) is 1. The van der Waals surface area contributed by atoms with Crippen LogP contribution in [0.4, 0.5) is 5.95 Å². The lowest BCUT2D eigenvalue weighted by Crippen LogP contribution is -2.32. The fraction of sp³-hybridized carbons (Fsp3) is 0.786. The van der Waals surface area contributed by atoms with Crippen LogP contribution in [0.3, 0.4) is 0 Å². The second-order valence-electron chi connectivity index (χ2n) is 5.65. The third-order valence-electron chi connectivity index (χ3n) is 3.80. The van der Waals surface area contributed by atoms with E-state index in [4.69, 9.17) is 4.74 Å². The van der Waals surface area contributed by atoms with Crippen molar-refractivity contribution in [1.29, 1.82) is 0 Å². The highest BCUT2D eigenvalue weighted by Gasteiger charge is 2.18. The third kappa shape index (κ3) is 4.21. The van der Waals surface area contributed by atoms with E-state index in [9.17, 15) is 0 Å². The van der Waals surface area contributed by atoms with Gasteiger partial charge in [0.15, 0.2) is 0 Å². The van der Waals surface area contributed by atoms with Crippen LogP contribution in [0.15, 0.2) is 12.4 Å². The highest BCUT2D eigenvalue weighted by molar-refractivity contribution is 5.27. The van der Waals surface area contributed by atoms with Crippen molar-refractivity contribution in [1.82, 2.24) is 14.5 Å². The van der Waals surface area contributed by atoms with Gasteiger partial charge in [0.05, 0.1) is 6.61 Å². The van der Waals surface area contributed by atoms with Gasteiger partial charge in [0, 0.05) is 32.1 Å². The van der Waals surface area contributed by atoms with Gasteiger partial charge < -0.3 is 19.5 Å². The molecule has 5 heteroatoms. The molecule has 19 heavy (non-hydrogen) atoms. The molecule has 1 aromatic heterocycles. The maximum absolute atomic E-state index is 5.15. The first-order valence-corrected chi connectivity index (χ1v) is 7.14. The van der Waals surface area contributed by atoms with Gasteiger partial charge in [0.2, 0.25) is 5.95 Å². The number of rotatable bonds is 6. The molecule has 1 N–H and O–H groups in total. The molecule has 0 spiro atoms. The molecule has 0 saturated carbocycles. The van der Waals surface area contributed by atoms with Crippen molar-refractivity contribution in [2.45, 2.75) is 32.4 Å². The van der Waals surface area contributed by atoms with Crippen LogP contribution >= 0.6 is 0 Å². The third-order valence-corrected chi connectivity index (χ3v) is 3.80. The Bertz CT molecular complexity index is 371. The van der Waals surface area contributed by atoms with Crippen molar-refractivity contribution < 1.29 is 4.74 Å². The monoisotopic (exact) mass is 266 g/mol. The van der Waals surface area contributed by atoms with E-state index < -0.39 is 0 Å². The van der Waals surface area contributed by atoms with Crippen molar-refractivity contribution in [3.05, 3.63) is 12.4 Å². The van der Waals surface area contributed by atoms with E-state index in [-0.39, 0.29) is 6.04 Å². The lowest BCUT2D eigenvalue weighted by molar-refractivity contribution is 0.189. The number of hydrogen-bond acceptors (Lipinski definition) is 4. The molecule has 1 aliphatic heterocycles. The molecule has 1 aromatic rings. The molecular weight excluding hydrogens is 240 g/mol. The average molecular weight is 266 g/mol. The van der Waals surface area contributed by atoms with E-state index in [1.165, 1.54) is 25.9 Å². The Morgan fingerprint density at radius 3 is 2.89 bits per heavy atom. The predicted octanol–water partition coefficient (Wildman–Crippen LogP) is 1.67. The summed E-state index contributed by atoms with van der Waals surface area (Å²) in [5.74, 6) is 1.73. The fourth-order valence-corrected chi connectivity index (χ4v) is 2.63. The van der Waals surface area contributed by atoms with Crippen molar-refractivity contribution in [2.24, 2.45) is 5.92 Å². The molecule has 2 heterocycles. The number of imidazole rings is 1. The van der Waals surface area contributed by atoms with Gasteiger partial charge in [0.1, 0.15) is 0 Å². The summed E-state index contributed by atoms with van der Waals surface area (Å²) in [7, 11) is 3.93. The molecule has 0 aromatic carbocycles. The second-order valence-corrected chi connectivity index (χ2v) is 5.65. The normalized spacial score (nSPS) is 19.5. The number of hydrogen-bond donors (Lipinski definition) is 1. The van der Waals surface area contributed by atoms with Crippen LogP contribution in [0.5, 0.6) is 0 Å². The molecule has 1 saturated heterocycles. The molecule has 108 valence electrons. The van der Waals surface area contributed by atoms with Gasteiger partial charge in [-0.25, -0.2) is 4.98 Å². The van der Waals surface area contributed by atoms with Crippen LogP contribution in [0.25, 0.3) is 0 Å². The summed E-state index contributed by atoms with van der Waals surface area (Å²) < 4.78 is 7.39. The van der Waals surface area contributed by atoms with Crippen LogP contribution in [-0.4, -0.2) is 54.3 Å². The first kappa shape index (κ1) is 14.3. The number of nitrogens with zero attached hydrogens (tertiary/aromatic N) is 3. The van der Waals surface area contributed by atoms with Crippen molar-refractivity contribution in [3.8, 4) is 0 Å². The maximum atomic E-state index is 5.15. The predicted molar refractivity (Wildman–Crippen MR) is 77.4 cm³/mol.